The third-order valence-electron chi connectivity index (χ3n) is 11.7. The lowest BCUT2D eigenvalue weighted by molar-refractivity contribution is -0.134. The van der Waals surface area contributed by atoms with Crippen LogP contribution in [0, 0.1) is 12.3 Å². The molecule has 67 heavy (non-hydrogen) atoms. The monoisotopic (exact) mass is 897 g/mol. The molecule has 0 saturated heterocycles. The van der Waals surface area contributed by atoms with E-state index in [1.54, 1.807) is 6.20 Å². The predicted molar refractivity (Wildman–Crippen MR) is 262 cm³/mol. The Kier molecular flexibility index (Phi) is 15.6. The van der Waals surface area contributed by atoms with Crippen molar-refractivity contribution in [1.82, 2.24) is 31.2 Å². The number of pyridine rings is 1. The second-order valence-corrected chi connectivity index (χ2v) is 16.7. The Hall–Kier alpha value is -8.02. The van der Waals surface area contributed by atoms with Gasteiger partial charge in [-0.2, -0.15) is 0 Å². The van der Waals surface area contributed by atoms with Gasteiger partial charge in [-0.3, -0.25) is 24.0 Å². The standard InChI is InChI=1S/C53H55N9O5/c1-3-34-21-24-42-39(27-34)23-25-48(58-42)56-26-12-11-19-44(49(55)63)59-51(65)45(29-35-13-5-4-6-14-35)61-53(67)47(31-40-32-57-43-18-10-9-17-41(40)43)62-52(66)46(60-50(64)33(2)54)30-36-20-22-37-15-7-8-16-38(37)28-36/h1,4-10,13-18,20-25,27-28,32-33,44-47,57H,11-12,19,26,29-31,54H2,2H3,(H2,55,63)(H,56,58)(H,59,65)(H,60,64)(H,61,67)(H,62,66)/t33-,44+,45-,46-,47+/m1/s1. The fourth-order valence-electron chi connectivity index (χ4n) is 8.01. The minimum atomic E-state index is -1.22. The molecule has 14 heteroatoms. The summed E-state index contributed by atoms with van der Waals surface area (Å²) in [5.41, 5.74) is 16.5. The zero-order chi connectivity index (χ0) is 47.3. The molecule has 14 nitrogen and oxygen atoms in total. The number of nitrogens with zero attached hydrogens (tertiary/aromatic N) is 1. The van der Waals surface area contributed by atoms with Crippen LogP contribution in [0.1, 0.15) is 48.4 Å². The van der Waals surface area contributed by atoms with E-state index in [0.29, 0.717) is 25.2 Å². The topological polar surface area (TPSA) is 226 Å². The number of primary amides is 1. The smallest absolute Gasteiger partial charge is 0.243 e. The first-order chi connectivity index (χ1) is 32.4. The average Bonchev–Trinajstić information content (AvgIpc) is 3.75. The maximum Gasteiger partial charge on any atom is 0.243 e. The van der Waals surface area contributed by atoms with E-state index in [0.717, 1.165) is 54.8 Å². The number of para-hydroxylation sites is 1. The number of hydrogen-bond acceptors (Lipinski definition) is 8. The van der Waals surface area contributed by atoms with Gasteiger partial charge in [0.15, 0.2) is 0 Å². The van der Waals surface area contributed by atoms with E-state index in [4.69, 9.17) is 17.9 Å². The Labute approximate surface area is 389 Å². The van der Waals surface area contributed by atoms with Crippen LogP contribution in [0.5, 0.6) is 0 Å². The van der Waals surface area contributed by atoms with Crippen molar-refractivity contribution < 1.29 is 24.0 Å². The van der Waals surface area contributed by atoms with Gasteiger partial charge in [-0.1, -0.05) is 96.9 Å². The molecule has 5 aromatic carbocycles. The second-order valence-electron chi connectivity index (χ2n) is 16.7. The lowest BCUT2D eigenvalue weighted by Crippen LogP contribution is -2.59. The first-order valence-electron chi connectivity index (χ1n) is 22.4. The van der Waals surface area contributed by atoms with Crippen molar-refractivity contribution in [3.63, 3.8) is 0 Å². The van der Waals surface area contributed by atoms with Crippen molar-refractivity contribution >= 4 is 67.9 Å². The Morgan fingerprint density at radius 3 is 1.99 bits per heavy atom. The highest BCUT2D eigenvalue weighted by molar-refractivity contribution is 5.97. The van der Waals surface area contributed by atoms with E-state index < -0.39 is 59.7 Å². The van der Waals surface area contributed by atoms with Gasteiger partial charge in [0, 0.05) is 53.9 Å². The summed E-state index contributed by atoms with van der Waals surface area (Å²) in [7, 11) is 0. The Morgan fingerprint density at radius 1 is 0.642 bits per heavy atom. The van der Waals surface area contributed by atoms with Crippen LogP contribution in [-0.4, -0.2) is 76.3 Å². The summed E-state index contributed by atoms with van der Waals surface area (Å²) in [6, 6.07) is 34.3. The molecular formula is C53H55N9O5. The van der Waals surface area contributed by atoms with E-state index in [9.17, 15) is 24.0 Å². The van der Waals surface area contributed by atoms with Crippen molar-refractivity contribution in [3.05, 3.63) is 156 Å². The minimum Gasteiger partial charge on any atom is -0.370 e. The molecule has 0 saturated carbocycles. The molecule has 0 spiro atoms. The molecule has 2 aromatic heterocycles. The number of rotatable bonds is 21. The normalized spacial score (nSPS) is 13.4. The molecule has 342 valence electrons. The Balaban J connectivity index is 1.07. The number of unbranched alkanes of at least 4 members (excludes halogenated alkanes) is 1. The summed E-state index contributed by atoms with van der Waals surface area (Å²) in [6.07, 6.45) is 8.94. The first kappa shape index (κ1) is 47.0. The van der Waals surface area contributed by atoms with E-state index >= 15 is 0 Å². The van der Waals surface area contributed by atoms with Crippen LogP contribution in [0.4, 0.5) is 5.82 Å². The summed E-state index contributed by atoms with van der Waals surface area (Å²) in [5.74, 6) is 0.162. The number of anilines is 1. The third-order valence-corrected chi connectivity index (χ3v) is 11.7. The maximum atomic E-state index is 14.7. The van der Waals surface area contributed by atoms with Gasteiger partial charge < -0.3 is 43.0 Å². The molecule has 7 rings (SSSR count). The molecule has 5 amide bonds. The highest BCUT2D eigenvalue weighted by Gasteiger charge is 2.32. The number of fused-ring (bicyclic) bond motifs is 3. The van der Waals surface area contributed by atoms with Gasteiger partial charge in [-0.05, 0) is 90.0 Å². The molecule has 0 fully saturated rings. The summed E-state index contributed by atoms with van der Waals surface area (Å²) in [5, 5.41) is 18.4. The molecule has 10 N–H and O–H groups in total. The first-order valence-corrected chi connectivity index (χ1v) is 22.4. The van der Waals surface area contributed by atoms with Crippen LogP contribution in [0.2, 0.25) is 0 Å². The fourth-order valence-corrected chi connectivity index (χ4v) is 8.01. The molecule has 7 aromatic rings. The zero-order valence-electron chi connectivity index (χ0n) is 37.3. The van der Waals surface area contributed by atoms with E-state index in [1.807, 2.05) is 127 Å². The Morgan fingerprint density at radius 2 is 1.27 bits per heavy atom. The number of nitrogens with two attached hydrogens (primary N) is 2. The fraction of sp³-hybridized carbons (Fsp3) is 0.245. The highest BCUT2D eigenvalue weighted by Crippen LogP contribution is 2.21. The third kappa shape index (κ3) is 12.6. The van der Waals surface area contributed by atoms with Crippen LogP contribution in [0.25, 0.3) is 32.6 Å². The van der Waals surface area contributed by atoms with Crippen molar-refractivity contribution in [3.8, 4) is 12.3 Å². The molecule has 2 heterocycles. The lowest BCUT2D eigenvalue weighted by atomic mass is 9.99. The molecule has 0 aliphatic heterocycles. The number of nitrogens with one attached hydrogen (secondary N) is 6. The van der Waals surface area contributed by atoms with Gasteiger partial charge in [0.1, 0.15) is 30.0 Å². The average molecular weight is 898 g/mol. The van der Waals surface area contributed by atoms with Crippen molar-refractivity contribution in [1.29, 1.82) is 0 Å². The number of benzene rings is 5. The van der Waals surface area contributed by atoms with E-state index in [1.165, 1.54) is 6.92 Å². The van der Waals surface area contributed by atoms with Gasteiger partial charge in [-0.25, -0.2) is 4.98 Å². The number of terminal acetylenes is 1. The summed E-state index contributed by atoms with van der Waals surface area (Å²) >= 11 is 0. The lowest BCUT2D eigenvalue weighted by Gasteiger charge is -2.27. The van der Waals surface area contributed by atoms with E-state index in [2.05, 4.69) is 42.5 Å². The van der Waals surface area contributed by atoms with Crippen LogP contribution < -0.4 is 38.1 Å². The number of carbonyl (C=O) groups is 5. The van der Waals surface area contributed by atoms with Crippen molar-refractivity contribution in [2.24, 2.45) is 11.5 Å². The van der Waals surface area contributed by atoms with Crippen LogP contribution in [0.3, 0.4) is 0 Å². The molecule has 0 radical (unpaired) electrons. The molecule has 0 aliphatic rings. The van der Waals surface area contributed by atoms with E-state index in [-0.39, 0.29) is 25.7 Å². The van der Waals surface area contributed by atoms with Gasteiger partial charge in [0.2, 0.25) is 29.5 Å². The summed E-state index contributed by atoms with van der Waals surface area (Å²) in [4.78, 5) is 77.0. The van der Waals surface area contributed by atoms with Gasteiger partial charge >= 0.3 is 0 Å². The largest absolute Gasteiger partial charge is 0.370 e. The van der Waals surface area contributed by atoms with Gasteiger partial charge in [0.05, 0.1) is 11.6 Å². The number of aromatic amines is 1. The van der Waals surface area contributed by atoms with Gasteiger partial charge in [-0.15, -0.1) is 6.42 Å². The molecular weight excluding hydrogens is 843 g/mol. The number of aromatic nitrogens is 2. The Bertz CT molecular complexity index is 2930. The summed E-state index contributed by atoms with van der Waals surface area (Å²) < 4.78 is 0. The van der Waals surface area contributed by atoms with Crippen molar-refractivity contribution in [2.75, 3.05) is 11.9 Å². The molecule has 0 unspecified atom stereocenters. The van der Waals surface area contributed by atoms with Gasteiger partial charge in [0.25, 0.3) is 0 Å². The SMILES string of the molecule is C#Cc1ccc2nc(NCCCC[C@H](NC(=O)[C@@H](Cc3ccccc3)NC(=O)[C@H](Cc3c[nH]c4ccccc34)NC(=O)[C@@H](Cc3ccc4ccccc4c3)NC(=O)[C@@H](C)N)C(N)=O)ccc2c1. The maximum absolute atomic E-state index is 14.7. The quantitative estimate of drug-likeness (QED) is 0.0364. The molecule has 0 aliphatic carbocycles. The highest BCUT2D eigenvalue weighted by atomic mass is 16.2. The number of hydrogen-bond donors (Lipinski definition) is 8. The van der Waals surface area contributed by atoms with Crippen LogP contribution in [-0.2, 0) is 43.2 Å². The summed E-state index contributed by atoms with van der Waals surface area (Å²) in [6.45, 7) is 2.07. The second kappa shape index (κ2) is 22.3. The molecule has 0 bridgehead atoms. The zero-order valence-corrected chi connectivity index (χ0v) is 37.3. The number of H-pyrrole nitrogens is 1. The van der Waals surface area contributed by atoms with Crippen LogP contribution >= 0.6 is 0 Å². The van der Waals surface area contributed by atoms with Crippen molar-refractivity contribution in [2.45, 2.75) is 75.7 Å². The number of amides is 5. The molecule has 5 atom stereocenters. The minimum absolute atomic E-state index is 0.0323. The predicted octanol–water partition coefficient (Wildman–Crippen LogP) is 4.93. The number of carbonyl (C=O) groups excluding carboxylic acids is 5. The van der Waals surface area contributed by atoms with Crippen LogP contribution in [0.15, 0.2) is 134 Å².